The number of ether oxygens (including phenoxy) is 2. The Morgan fingerprint density at radius 2 is 2.10 bits per heavy atom. The summed E-state index contributed by atoms with van der Waals surface area (Å²) in [5, 5.41) is 6.79. The monoisotopic (exact) mass is 288 g/mol. The predicted octanol–water partition coefficient (Wildman–Crippen LogP) is 1.16. The fourth-order valence-corrected chi connectivity index (χ4v) is 2.14. The van der Waals surface area contributed by atoms with E-state index in [1.807, 2.05) is 6.92 Å². The summed E-state index contributed by atoms with van der Waals surface area (Å²) in [7, 11) is 1.71. The van der Waals surface area contributed by atoms with Gasteiger partial charge in [0.05, 0.1) is 6.54 Å². The molecule has 0 radical (unpaired) electrons. The molecule has 2 heterocycles. The van der Waals surface area contributed by atoms with Gasteiger partial charge < -0.3 is 14.4 Å². The van der Waals surface area contributed by atoms with Crippen molar-refractivity contribution >= 4 is 5.91 Å². The Labute approximate surface area is 121 Å². The van der Waals surface area contributed by atoms with E-state index >= 15 is 0 Å². The maximum Gasteiger partial charge on any atom is 0.254 e. The highest BCUT2D eigenvalue weighted by atomic mass is 16.6. The Morgan fingerprint density at radius 3 is 2.81 bits per heavy atom. The van der Waals surface area contributed by atoms with Crippen LogP contribution < -0.4 is 9.47 Å². The molecule has 0 saturated carbocycles. The number of amides is 1. The van der Waals surface area contributed by atoms with Crippen LogP contribution in [0.5, 0.6) is 11.5 Å². The van der Waals surface area contributed by atoms with E-state index in [4.69, 9.17) is 9.47 Å². The number of aromatic amines is 1. The third-order valence-corrected chi connectivity index (χ3v) is 3.16. The minimum absolute atomic E-state index is 0.116. The first kappa shape index (κ1) is 13.4. The van der Waals surface area contributed by atoms with Gasteiger partial charge in [-0.05, 0) is 25.1 Å². The first-order valence-electron chi connectivity index (χ1n) is 6.66. The molecule has 1 aromatic heterocycles. The van der Waals surface area contributed by atoms with Gasteiger partial charge in [0.15, 0.2) is 17.3 Å². The second kappa shape index (κ2) is 5.43. The zero-order valence-corrected chi connectivity index (χ0v) is 11.9. The molecule has 1 N–H and O–H groups in total. The van der Waals surface area contributed by atoms with Crippen molar-refractivity contribution in [3.8, 4) is 11.5 Å². The normalized spacial score (nSPS) is 13.0. The first-order chi connectivity index (χ1) is 10.1. The van der Waals surface area contributed by atoms with Crippen molar-refractivity contribution in [3.63, 3.8) is 0 Å². The van der Waals surface area contributed by atoms with E-state index in [2.05, 4.69) is 15.2 Å². The lowest BCUT2D eigenvalue weighted by molar-refractivity contribution is 0.0780. The molecule has 1 aliphatic heterocycles. The molecule has 21 heavy (non-hydrogen) atoms. The number of fused-ring (bicyclic) bond motifs is 1. The van der Waals surface area contributed by atoms with E-state index in [9.17, 15) is 4.79 Å². The van der Waals surface area contributed by atoms with Crippen LogP contribution >= 0.6 is 0 Å². The molecule has 0 unspecified atom stereocenters. The molecule has 2 aromatic rings. The molecule has 1 aromatic carbocycles. The SMILES string of the molecule is Cc1nc(CN(C)C(=O)c2ccc3c(c2)OCCO3)n[nH]1. The summed E-state index contributed by atoms with van der Waals surface area (Å²) in [6.07, 6.45) is 0. The summed E-state index contributed by atoms with van der Waals surface area (Å²) in [5.41, 5.74) is 0.550. The molecule has 0 atom stereocenters. The lowest BCUT2D eigenvalue weighted by Crippen LogP contribution is -2.27. The van der Waals surface area contributed by atoms with E-state index in [0.717, 1.165) is 5.82 Å². The lowest BCUT2D eigenvalue weighted by atomic mass is 10.1. The molecule has 1 amide bonds. The molecular formula is C14H16N4O3. The summed E-state index contributed by atoms with van der Waals surface area (Å²) < 4.78 is 10.9. The molecular weight excluding hydrogens is 272 g/mol. The van der Waals surface area contributed by atoms with Crippen LogP contribution in [-0.4, -0.2) is 46.2 Å². The van der Waals surface area contributed by atoms with Gasteiger partial charge in [-0.15, -0.1) is 0 Å². The predicted molar refractivity (Wildman–Crippen MR) is 74.3 cm³/mol. The van der Waals surface area contributed by atoms with Gasteiger partial charge in [0.2, 0.25) is 0 Å². The molecule has 7 nitrogen and oxygen atoms in total. The van der Waals surface area contributed by atoms with E-state index in [1.54, 1.807) is 30.1 Å². The minimum Gasteiger partial charge on any atom is -0.486 e. The summed E-state index contributed by atoms with van der Waals surface area (Å²) in [6, 6.07) is 5.19. The Bertz CT molecular complexity index is 668. The Balaban J connectivity index is 1.75. The molecule has 3 rings (SSSR count). The largest absolute Gasteiger partial charge is 0.486 e. The maximum absolute atomic E-state index is 12.4. The van der Waals surface area contributed by atoms with Crippen molar-refractivity contribution in [1.82, 2.24) is 20.1 Å². The standard InChI is InChI=1S/C14H16N4O3/c1-9-15-13(17-16-9)8-18(2)14(19)10-3-4-11-12(7-10)21-6-5-20-11/h3-4,7H,5-6,8H2,1-2H3,(H,15,16,17). The Kier molecular flexibility index (Phi) is 3.47. The van der Waals surface area contributed by atoms with Crippen molar-refractivity contribution in [3.05, 3.63) is 35.4 Å². The highest BCUT2D eigenvalue weighted by molar-refractivity contribution is 5.94. The molecule has 7 heteroatoms. The van der Waals surface area contributed by atoms with Crippen LogP contribution in [0.4, 0.5) is 0 Å². The summed E-state index contributed by atoms with van der Waals surface area (Å²) in [5.74, 6) is 2.47. The summed E-state index contributed by atoms with van der Waals surface area (Å²) in [6.45, 7) is 3.19. The van der Waals surface area contributed by atoms with Crippen molar-refractivity contribution < 1.29 is 14.3 Å². The highest BCUT2D eigenvalue weighted by Crippen LogP contribution is 2.31. The quantitative estimate of drug-likeness (QED) is 0.916. The number of benzene rings is 1. The number of H-pyrrole nitrogens is 1. The molecule has 110 valence electrons. The van der Waals surface area contributed by atoms with Crippen molar-refractivity contribution in [1.29, 1.82) is 0 Å². The molecule has 0 fully saturated rings. The number of nitrogens with zero attached hydrogens (tertiary/aromatic N) is 3. The van der Waals surface area contributed by atoms with Crippen LogP contribution in [0.15, 0.2) is 18.2 Å². The van der Waals surface area contributed by atoms with E-state index in [0.29, 0.717) is 42.6 Å². The third-order valence-electron chi connectivity index (χ3n) is 3.16. The van der Waals surface area contributed by atoms with E-state index < -0.39 is 0 Å². The van der Waals surface area contributed by atoms with Gasteiger partial charge in [-0.2, -0.15) is 5.10 Å². The Hall–Kier alpha value is -2.57. The number of carbonyl (C=O) groups is 1. The molecule has 1 aliphatic rings. The van der Waals surface area contributed by atoms with Gasteiger partial charge in [-0.3, -0.25) is 9.89 Å². The van der Waals surface area contributed by atoms with Gasteiger partial charge in [0, 0.05) is 12.6 Å². The van der Waals surface area contributed by atoms with E-state index in [-0.39, 0.29) is 5.91 Å². The number of hydrogen-bond acceptors (Lipinski definition) is 5. The van der Waals surface area contributed by atoms with Crippen LogP contribution in [0.2, 0.25) is 0 Å². The molecule has 0 aliphatic carbocycles. The number of hydrogen-bond donors (Lipinski definition) is 1. The fourth-order valence-electron chi connectivity index (χ4n) is 2.14. The highest BCUT2D eigenvalue weighted by Gasteiger charge is 2.18. The second-order valence-corrected chi connectivity index (χ2v) is 4.86. The average Bonchev–Trinajstić information content (AvgIpc) is 2.91. The number of aryl methyl sites for hydroxylation is 1. The van der Waals surface area contributed by atoms with Gasteiger partial charge in [0.25, 0.3) is 5.91 Å². The number of aromatic nitrogens is 3. The zero-order valence-electron chi connectivity index (χ0n) is 11.9. The van der Waals surface area contributed by atoms with Crippen LogP contribution in [0.25, 0.3) is 0 Å². The minimum atomic E-state index is -0.116. The average molecular weight is 288 g/mol. The van der Waals surface area contributed by atoms with Gasteiger partial charge >= 0.3 is 0 Å². The summed E-state index contributed by atoms with van der Waals surface area (Å²) in [4.78, 5) is 18.2. The van der Waals surface area contributed by atoms with Crippen LogP contribution in [0.1, 0.15) is 22.0 Å². The zero-order chi connectivity index (χ0) is 14.8. The van der Waals surface area contributed by atoms with E-state index in [1.165, 1.54) is 0 Å². The van der Waals surface area contributed by atoms with Gasteiger partial charge in [0.1, 0.15) is 19.0 Å². The lowest BCUT2D eigenvalue weighted by Gasteiger charge is -2.20. The van der Waals surface area contributed by atoms with Gasteiger partial charge in [-0.25, -0.2) is 4.98 Å². The second-order valence-electron chi connectivity index (χ2n) is 4.86. The van der Waals surface area contributed by atoms with Crippen molar-refractivity contribution in [2.75, 3.05) is 20.3 Å². The van der Waals surface area contributed by atoms with Crippen LogP contribution in [-0.2, 0) is 6.54 Å². The number of nitrogens with one attached hydrogen (secondary N) is 1. The van der Waals surface area contributed by atoms with Crippen LogP contribution in [0.3, 0.4) is 0 Å². The number of rotatable bonds is 3. The molecule has 0 saturated heterocycles. The van der Waals surface area contributed by atoms with Gasteiger partial charge in [-0.1, -0.05) is 0 Å². The van der Waals surface area contributed by atoms with Crippen LogP contribution in [0, 0.1) is 6.92 Å². The van der Waals surface area contributed by atoms with Crippen molar-refractivity contribution in [2.45, 2.75) is 13.5 Å². The Morgan fingerprint density at radius 1 is 1.33 bits per heavy atom. The number of carbonyl (C=O) groups excluding carboxylic acids is 1. The molecule has 0 bridgehead atoms. The first-order valence-corrected chi connectivity index (χ1v) is 6.66. The topological polar surface area (TPSA) is 80.3 Å². The molecule has 0 spiro atoms. The fraction of sp³-hybridized carbons (Fsp3) is 0.357. The summed E-state index contributed by atoms with van der Waals surface area (Å²) >= 11 is 0. The maximum atomic E-state index is 12.4. The smallest absolute Gasteiger partial charge is 0.254 e. The van der Waals surface area contributed by atoms with Crippen molar-refractivity contribution in [2.24, 2.45) is 0 Å². The third kappa shape index (κ3) is 2.81.